The van der Waals surface area contributed by atoms with Crippen molar-refractivity contribution < 1.29 is 14.5 Å². The van der Waals surface area contributed by atoms with Gasteiger partial charge >= 0.3 is 0 Å². The minimum absolute atomic E-state index is 0.0601. The van der Waals surface area contributed by atoms with Crippen molar-refractivity contribution in [1.82, 2.24) is 14.8 Å². The number of rotatable bonds is 5. The average Bonchev–Trinajstić information content (AvgIpc) is 3.18. The van der Waals surface area contributed by atoms with Crippen LogP contribution < -0.4 is 10.1 Å². The van der Waals surface area contributed by atoms with Gasteiger partial charge in [-0.15, -0.1) is 0 Å². The van der Waals surface area contributed by atoms with Gasteiger partial charge < -0.3 is 19.5 Å². The van der Waals surface area contributed by atoms with Crippen LogP contribution in [0.25, 0.3) is 0 Å². The molecule has 1 aromatic carbocycles. The Labute approximate surface area is 173 Å². The molecule has 30 heavy (non-hydrogen) atoms. The zero-order valence-corrected chi connectivity index (χ0v) is 16.8. The number of methoxy groups -OCH3 is 1. The number of aromatic nitrogens is 1. The van der Waals surface area contributed by atoms with Crippen LogP contribution in [0.15, 0.2) is 54.1 Å². The lowest BCUT2D eigenvalue weighted by Crippen LogP contribution is -2.54. The fraction of sp³-hybridized carbons (Fsp3) is 0.333. The first-order valence-electron chi connectivity index (χ1n) is 9.72. The number of nitrogens with one attached hydrogen (secondary N) is 2. The van der Waals surface area contributed by atoms with Crippen molar-refractivity contribution in [3.05, 3.63) is 75.5 Å². The van der Waals surface area contributed by atoms with Crippen LogP contribution in [-0.2, 0) is 7.05 Å². The Kier molecular flexibility index (Phi) is 5.03. The molecule has 156 valence electrons. The second kappa shape index (κ2) is 7.66. The Hall–Kier alpha value is -3.62. The molecule has 2 unspecified atom stereocenters. The smallest absolute Gasteiger partial charge is 0.295 e. The molecule has 3 heterocycles. The van der Waals surface area contributed by atoms with E-state index in [1.807, 2.05) is 0 Å². The molecule has 0 bridgehead atoms. The van der Waals surface area contributed by atoms with Crippen LogP contribution in [0.2, 0.25) is 0 Å². The van der Waals surface area contributed by atoms with Crippen molar-refractivity contribution in [2.75, 3.05) is 20.2 Å². The molecular weight excluding hydrogens is 386 g/mol. The number of carbonyl (C=O) groups is 1. The van der Waals surface area contributed by atoms with E-state index in [9.17, 15) is 14.9 Å². The number of hydrogen-bond donors (Lipinski definition) is 2. The summed E-state index contributed by atoms with van der Waals surface area (Å²) in [7, 11) is 3.24. The molecule has 9 heteroatoms. The highest BCUT2D eigenvalue weighted by Crippen LogP contribution is 2.45. The molecular formula is C21H23N5O4. The molecule has 0 saturated carbocycles. The Morgan fingerprint density at radius 2 is 2.07 bits per heavy atom. The van der Waals surface area contributed by atoms with Gasteiger partial charge in [0.15, 0.2) is 11.6 Å². The maximum Gasteiger partial charge on any atom is 0.295 e. The molecule has 0 radical (unpaired) electrons. The molecule has 4 rings (SSSR count). The zero-order chi connectivity index (χ0) is 21.4. The quantitative estimate of drug-likeness (QED) is 0.445. The number of benzene rings is 1. The van der Waals surface area contributed by atoms with E-state index in [0.717, 1.165) is 6.42 Å². The summed E-state index contributed by atoms with van der Waals surface area (Å²) in [6.45, 7) is 1.03. The van der Waals surface area contributed by atoms with Gasteiger partial charge in [-0.3, -0.25) is 20.3 Å². The lowest BCUT2D eigenvalue weighted by Gasteiger charge is -2.41. The third kappa shape index (κ3) is 3.02. The van der Waals surface area contributed by atoms with E-state index in [0.29, 0.717) is 35.9 Å². The molecule has 0 amide bonds. The topological polar surface area (TPSA) is 113 Å². The predicted octanol–water partition coefficient (Wildman–Crippen LogP) is 2.35. The minimum Gasteiger partial charge on any atom is -0.496 e. The zero-order valence-electron chi connectivity index (χ0n) is 16.8. The normalized spacial score (nSPS) is 21.1. The van der Waals surface area contributed by atoms with Crippen molar-refractivity contribution in [2.45, 2.75) is 12.3 Å². The van der Waals surface area contributed by atoms with Gasteiger partial charge in [0, 0.05) is 31.9 Å². The second-order valence-electron chi connectivity index (χ2n) is 7.37. The number of allylic oxidation sites excluding steroid dienone is 1. The highest BCUT2D eigenvalue weighted by Gasteiger charge is 2.51. The summed E-state index contributed by atoms with van der Waals surface area (Å²) in [5.74, 6) is -1.52. The number of para-hydroxylation sites is 1. The van der Waals surface area contributed by atoms with E-state index in [1.54, 1.807) is 59.1 Å². The molecule has 1 fully saturated rings. The largest absolute Gasteiger partial charge is 0.496 e. The number of ether oxygens (including phenoxy) is 1. The van der Waals surface area contributed by atoms with E-state index in [1.165, 1.54) is 7.11 Å². The maximum absolute atomic E-state index is 13.6. The summed E-state index contributed by atoms with van der Waals surface area (Å²) in [6, 6.07) is 10.4. The first-order chi connectivity index (χ1) is 14.5. The first-order valence-corrected chi connectivity index (χ1v) is 9.72. The van der Waals surface area contributed by atoms with E-state index < -0.39 is 16.8 Å². The van der Waals surface area contributed by atoms with Gasteiger partial charge in [-0.2, -0.15) is 0 Å². The van der Waals surface area contributed by atoms with Gasteiger partial charge in [-0.1, -0.05) is 18.2 Å². The van der Waals surface area contributed by atoms with E-state index >= 15 is 0 Å². The van der Waals surface area contributed by atoms with Gasteiger partial charge in [0.1, 0.15) is 11.6 Å². The third-order valence-corrected chi connectivity index (χ3v) is 5.73. The van der Waals surface area contributed by atoms with Crippen molar-refractivity contribution in [3.63, 3.8) is 0 Å². The first kappa shape index (κ1) is 19.7. The number of amidine groups is 1. The molecule has 2 aliphatic rings. The van der Waals surface area contributed by atoms with Crippen molar-refractivity contribution in [1.29, 1.82) is 5.41 Å². The van der Waals surface area contributed by atoms with Crippen LogP contribution >= 0.6 is 0 Å². The maximum atomic E-state index is 13.6. The summed E-state index contributed by atoms with van der Waals surface area (Å²) in [4.78, 5) is 27.0. The van der Waals surface area contributed by atoms with Crippen LogP contribution in [0, 0.1) is 21.4 Å². The van der Waals surface area contributed by atoms with Crippen molar-refractivity contribution in [3.8, 4) is 5.75 Å². The fourth-order valence-electron chi connectivity index (χ4n) is 4.35. The van der Waals surface area contributed by atoms with E-state index in [-0.39, 0.29) is 17.3 Å². The Morgan fingerprint density at radius 3 is 2.73 bits per heavy atom. The summed E-state index contributed by atoms with van der Waals surface area (Å²) >= 11 is 0. The number of Topliss-reactive ketones (excluding diaryl/α,β-unsaturated/α-hetero) is 1. The Balaban J connectivity index is 1.97. The molecule has 9 nitrogen and oxygen atoms in total. The Morgan fingerprint density at radius 1 is 1.30 bits per heavy atom. The van der Waals surface area contributed by atoms with Gasteiger partial charge in [-0.25, -0.2) is 0 Å². The standard InChI is InChI=1S/C21H23N5O4/c1-24-11-5-8-14(24)19(27)17-16(13-7-3-4-9-15(13)30-2)18(26(28)29)21-23-10-6-12-25(21)20(17)22/h3-5,7-9,11,16-17,22-23H,6,10,12H2,1-2H3. The summed E-state index contributed by atoms with van der Waals surface area (Å²) in [5.41, 5.74) is 0.812. The van der Waals surface area contributed by atoms with E-state index in [2.05, 4.69) is 5.32 Å². The predicted molar refractivity (Wildman–Crippen MR) is 110 cm³/mol. The number of carbonyl (C=O) groups excluding carboxylic acids is 1. The number of nitro groups is 1. The number of ketones is 1. The molecule has 0 aliphatic carbocycles. The lowest BCUT2D eigenvalue weighted by atomic mass is 9.76. The van der Waals surface area contributed by atoms with Crippen LogP contribution in [0.3, 0.4) is 0 Å². The van der Waals surface area contributed by atoms with E-state index in [4.69, 9.17) is 10.1 Å². The van der Waals surface area contributed by atoms with Crippen LogP contribution in [-0.4, -0.2) is 46.2 Å². The van der Waals surface area contributed by atoms with Crippen molar-refractivity contribution in [2.24, 2.45) is 13.0 Å². The third-order valence-electron chi connectivity index (χ3n) is 5.73. The fourth-order valence-corrected chi connectivity index (χ4v) is 4.35. The van der Waals surface area contributed by atoms with Crippen LogP contribution in [0.1, 0.15) is 28.4 Å². The summed E-state index contributed by atoms with van der Waals surface area (Å²) < 4.78 is 7.15. The molecule has 2 aliphatic heterocycles. The molecule has 1 saturated heterocycles. The molecule has 2 aromatic rings. The van der Waals surface area contributed by atoms with Gasteiger partial charge in [0.25, 0.3) is 5.70 Å². The van der Waals surface area contributed by atoms with Gasteiger partial charge in [0.2, 0.25) is 0 Å². The van der Waals surface area contributed by atoms with Crippen LogP contribution in [0.5, 0.6) is 5.75 Å². The van der Waals surface area contributed by atoms with Crippen molar-refractivity contribution >= 4 is 11.6 Å². The molecule has 1 aromatic heterocycles. The number of fused-ring (bicyclic) bond motifs is 1. The molecule has 2 N–H and O–H groups in total. The average molecular weight is 409 g/mol. The van der Waals surface area contributed by atoms with Gasteiger partial charge in [-0.05, 0) is 24.6 Å². The Bertz CT molecular complexity index is 1060. The minimum atomic E-state index is -1.04. The monoisotopic (exact) mass is 409 g/mol. The van der Waals surface area contributed by atoms with Crippen LogP contribution in [0.4, 0.5) is 0 Å². The summed E-state index contributed by atoms with van der Waals surface area (Å²) in [6.07, 6.45) is 2.47. The second-order valence-corrected chi connectivity index (χ2v) is 7.37. The SMILES string of the molecule is COc1ccccc1C1C([N+](=O)[O-])=C2NCCCN2C(=N)C1C(=O)c1cccn1C. The number of hydrogen-bond acceptors (Lipinski definition) is 6. The molecule has 0 spiro atoms. The van der Waals surface area contributed by atoms with Gasteiger partial charge in [0.05, 0.1) is 29.6 Å². The summed E-state index contributed by atoms with van der Waals surface area (Å²) in [5, 5.41) is 24.2. The molecule has 2 atom stereocenters. The highest BCUT2D eigenvalue weighted by atomic mass is 16.6. The number of aryl methyl sites for hydroxylation is 1. The lowest BCUT2D eigenvalue weighted by molar-refractivity contribution is -0.434. The number of nitrogens with zero attached hydrogens (tertiary/aromatic N) is 3. The highest BCUT2D eigenvalue weighted by molar-refractivity contribution is 6.12.